The van der Waals surface area contributed by atoms with Crippen LogP contribution in [-0.2, 0) is 6.18 Å². The van der Waals surface area contributed by atoms with E-state index in [1.165, 1.54) is 12.3 Å². The number of hydrogen-bond acceptors (Lipinski definition) is 3. The fourth-order valence-corrected chi connectivity index (χ4v) is 1.43. The summed E-state index contributed by atoms with van der Waals surface area (Å²) in [6.07, 6.45) is -3.21. The first kappa shape index (κ1) is 12.3. The molecular weight excluding hydrogens is 247 g/mol. The second-order valence-electron chi connectivity index (χ2n) is 3.66. The van der Waals surface area contributed by atoms with Crippen molar-refractivity contribution < 1.29 is 13.2 Å². The Balaban J connectivity index is 2.59. The van der Waals surface area contributed by atoms with Gasteiger partial charge in [0.1, 0.15) is 5.82 Å². The highest BCUT2D eigenvalue weighted by molar-refractivity contribution is 5.54. The van der Waals surface area contributed by atoms with E-state index < -0.39 is 17.4 Å². The third-order valence-corrected chi connectivity index (χ3v) is 2.20. The molecule has 0 aliphatic rings. The summed E-state index contributed by atoms with van der Waals surface area (Å²) in [6, 6.07) is 3.45. The van der Waals surface area contributed by atoms with Gasteiger partial charge in [0.15, 0.2) is 5.69 Å². The largest absolute Gasteiger partial charge is 0.433 e. The van der Waals surface area contributed by atoms with Crippen LogP contribution in [0.1, 0.15) is 11.4 Å². The average Bonchev–Trinajstić information content (AvgIpc) is 2.27. The molecule has 0 radical (unpaired) electrons. The Morgan fingerprint density at radius 3 is 2.61 bits per heavy atom. The van der Waals surface area contributed by atoms with Gasteiger partial charge in [-0.25, -0.2) is 4.98 Å². The predicted molar refractivity (Wildman–Crippen MR) is 57.8 cm³/mol. The van der Waals surface area contributed by atoms with Crippen molar-refractivity contribution in [3.05, 3.63) is 46.1 Å². The first-order valence-corrected chi connectivity index (χ1v) is 4.98. The number of H-pyrrole nitrogens is 1. The van der Waals surface area contributed by atoms with Gasteiger partial charge in [0, 0.05) is 23.5 Å². The number of nitrogens with zero attached hydrogens (tertiary/aromatic N) is 2. The number of hydrogen-bond donors (Lipinski definition) is 1. The van der Waals surface area contributed by atoms with E-state index in [-0.39, 0.29) is 5.82 Å². The maximum atomic E-state index is 12.5. The molecule has 0 amide bonds. The molecule has 0 aromatic carbocycles. The first-order chi connectivity index (χ1) is 8.36. The van der Waals surface area contributed by atoms with Crippen molar-refractivity contribution in [2.45, 2.75) is 13.1 Å². The number of aryl methyl sites for hydroxylation is 1. The highest BCUT2D eigenvalue weighted by atomic mass is 19.4. The van der Waals surface area contributed by atoms with Gasteiger partial charge in [0.25, 0.3) is 5.56 Å². The first-order valence-electron chi connectivity index (χ1n) is 4.98. The minimum absolute atomic E-state index is 0.125. The molecule has 0 bridgehead atoms. The van der Waals surface area contributed by atoms with Crippen LogP contribution in [0.4, 0.5) is 13.2 Å². The number of halogens is 3. The van der Waals surface area contributed by atoms with E-state index in [2.05, 4.69) is 15.0 Å². The van der Waals surface area contributed by atoms with Crippen LogP contribution < -0.4 is 5.56 Å². The van der Waals surface area contributed by atoms with Crippen molar-refractivity contribution in [3.8, 4) is 11.4 Å². The van der Waals surface area contributed by atoms with Gasteiger partial charge >= 0.3 is 6.18 Å². The Kier molecular flexibility index (Phi) is 2.90. The standard InChI is InChI=1S/C11H8F3N3O/c1-6-4-7(2-3-15-6)10-16-8(11(12,13)14)5-9(18)17-10/h2-5H,1H3,(H,16,17,18). The predicted octanol–water partition coefficient (Wildman–Crippen LogP) is 2.16. The Morgan fingerprint density at radius 2 is 2.00 bits per heavy atom. The SMILES string of the molecule is Cc1cc(-c2nc(C(F)(F)F)cc(=O)[nH]2)ccn1. The molecule has 18 heavy (non-hydrogen) atoms. The van der Waals surface area contributed by atoms with Gasteiger partial charge in [-0.05, 0) is 19.1 Å². The van der Waals surface area contributed by atoms with Crippen molar-refractivity contribution in [3.63, 3.8) is 0 Å². The molecular formula is C11H8F3N3O. The molecule has 1 N–H and O–H groups in total. The number of alkyl halides is 3. The van der Waals surface area contributed by atoms with Crippen LogP contribution >= 0.6 is 0 Å². The summed E-state index contributed by atoms with van der Waals surface area (Å²) >= 11 is 0. The van der Waals surface area contributed by atoms with E-state index in [0.29, 0.717) is 17.3 Å². The number of pyridine rings is 1. The minimum atomic E-state index is -4.65. The molecule has 0 unspecified atom stereocenters. The molecule has 2 aromatic rings. The van der Waals surface area contributed by atoms with E-state index in [1.54, 1.807) is 13.0 Å². The van der Waals surface area contributed by atoms with Crippen LogP contribution in [0, 0.1) is 6.92 Å². The topological polar surface area (TPSA) is 58.6 Å². The lowest BCUT2D eigenvalue weighted by atomic mass is 10.2. The van der Waals surface area contributed by atoms with E-state index in [4.69, 9.17) is 0 Å². The zero-order chi connectivity index (χ0) is 13.3. The Morgan fingerprint density at radius 1 is 1.28 bits per heavy atom. The summed E-state index contributed by atoms with van der Waals surface area (Å²) in [5.41, 5.74) is -1.06. The minimum Gasteiger partial charge on any atom is -0.307 e. The van der Waals surface area contributed by atoms with Crippen LogP contribution in [0.3, 0.4) is 0 Å². The summed E-state index contributed by atoms with van der Waals surface area (Å²) in [6.45, 7) is 1.69. The molecule has 4 nitrogen and oxygen atoms in total. The fourth-order valence-electron chi connectivity index (χ4n) is 1.43. The van der Waals surface area contributed by atoms with E-state index >= 15 is 0 Å². The monoisotopic (exact) mass is 255 g/mol. The van der Waals surface area contributed by atoms with Crippen LogP contribution in [0.2, 0.25) is 0 Å². The van der Waals surface area contributed by atoms with Crippen LogP contribution in [-0.4, -0.2) is 15.0 Å². The number of rotatable bonds is 1. The molecule has 94 valence electrons. The molecule has 2 rings (SSSR count). The third-order valence-electron chi connectivity index (χ3n) is 2.20. The van der Waals surface area contributed by atoms with Crippen LogP contribution in [0.25, 0.3) is 11.4 Å². The number of aromatic amines is 1. The Labute approximate surface area is 99.5 Å². The number of aromatic nitrogens is 3. The average molecular weight is 255 g/mol. The Hall–Kier alpha value is -2.18. The van der Waals surface area contributed by atoms with Crippen molar-refractivity contribution in [1.29, 1.82) is 0 Å². The van der Waals surface area contributed by atoms with Gasteiger partial charge in [-0.1, -0.05) is 0 Å². The highest BCUT2D eigenvalue weighted by Gasteiger charge is 2.33. The van der Waals surface area contributed by atoms with Gasteiger partial charge in [0.2, 0.25) is 0 Å². The van der Waals surface area contributed by atoms with E-state index in [1.807, 2.05) is 0 Å². The van der Waals surface area contributed by atoms with Crippen LogP contribution in [0.5, 0.6) is 0 Å². The molecule has 0 aliphatic carbocycles. The van der Waals surface area contributed by atoms with E-state index in [9.17, 15) is 18.0 Å². The van der Waals surface area contributed by atoms with Gasteiger partial charge in [-0.2, -0.15) is 13.2 Å². The maximum Gasteiger partial charge on any atom is 0.433 e. The normalized spacial score (nSPS) is 11.6. The van der Waals surface area contributed by atoms with Gasteiger partial charge < -0.3 is 4.98 Å². The van der Waals surface area contributed by atoms with Gasteiger partial charge in [-0.15, -0.1) is 0 Å². The summed E-state index contributed by atoms with van der Waals surface area (Å²) in [4.78, 5) is 20.8. The summed E-state index contributed by atoms with van der Waals surface area (Å²) in [5, 5.41) is 0. The molecule has 2 heterocycles. The number of nitrogens with one attached hydrogen (secondary N) is 1. The molecule has 0 spiro atoms. The smallest absolute Gasteiger partial charge is 0.307 e. The summed E-state index contributed by atoms with van der Waals surface area (Å²) in [5.74, 6) is -0.125. The van der Waals surface area contributed by atoms with Crippen molar-refractivity contribution >= 4 is 0 Å². The fraction of sp³-hybridized carbons (Fsp3) is 0.182. The molecule has 0 aliphatic heterocycles. The van der Waals surface area contributed by atoms with E-state index in [0.717, 1.165) is 0 Å². The lowest BCUT2D eigenvalue weighted by Gasteiger charge is -2.07. The van der Waals surface area contributed by atoms with Crippen molar-refractivity contribution in [2.24, 2.45) is 0 Å². The zero-order valence-electron chi connectivity index (χ0n) is 9.25. The summed E-state index contributed by atoms with van der Waals surface area (Å²) < 4.78 is 37.5. The highest BCUT2D eigenvalue weighted by Crippen LogP contribution is 2.27. The lowest BCUT2D eigenvalue weighted by Crippen LogP contribution is -2.17. The third kappa shape index (κ3) is 2.55. The molecule has 0 fully saturated rings. The zero-order valence-corrected chi connectivity index (χ0v) is 9.25. The maximum absolute atomic E-state index is 12.5. The second kappa shape index (κ2) is 4.25. The van der Waals surface area contributed by atoms with Crippen LogP contribution in [0.15, 0.2) is 29.2 Å². The molecule has 0 saturated carbocycles. The van der Waals surface area contributed by atoms with Crippen molar-refractivity contribution in [1.82, 2.24) is 15.0 Å². The Bertz CT molecular complexity index is 634. The molecule has 2 aromatic heterocycles. The molecule has 7 heteroatoms. The quantitative estimate of drug-likeness (QED) is 0.849. The van der Waals surface area contributed by atoms with Crippen molar-refractivity contribution in [2.75, 3.05) is 0 Å². The van der Waals surface area contributed by atoms with Gasteiger partial charge in [0.05, 0.1) is 0 Å². The molecule has 0 saturated heterocycles. The summed E-state index contributed by atoms with van der Waals surface area (Å²) in [7, 11) is 0. The lowest BCUT2D eigenvalue weighted by molar-refractivity contribution is -0.141. The second-order valence-corrected chi connectivity index (χ2v) is 3.66. The van der Waals surface area contributed by atoms with Gasteiger partial charge in [-0.3, -0.25) is 9.78 Å². The molecule has 0 atom stereocenters.